The number of nitrogens with one attached hydrogen (secondary N) is 1. The second-order valence-electron chi connectivity index (χ2n) is 4.75. The first kappa shape index (κ1) is 13.1. The number of sulfonamides is 1. The maximum Gasteiger partial charge on any atom is 0.256 e. The molecule has 1 aromatic heterocycles. The van der Waals surface area contributed by atoms with Gasteiger partial charge in [-0.3, -0.25) is 4.79 Å². The molecule has 0 unspecified atom stereocenters. The monoisotopic (exact) mass is 290 g/mol. The van der Waals surface area contributed by atoms with Crippen molar-refractivity contribution >= 4 is 20.8 Å². The maximum absolute atomic E-state index is 12.0. The summed E-state index contributed by atoms with van der Waals surface area (Å²) in [5, 5.41) is 2.49. The lowest BCUT2D eigenvalue weighted by Crippen LogP contribution is -2.36. The Morgan fingerprint density at radius 3 is 2.65 bits per heavy atom. The Kier molecular flexibility index (Phi) is 2.99. The fourth-order valence-corrected chi connectivity index (χ4v) is 3.49. The molecule has 1 aliphatic heterocycles. The number of nitrogens with zero attached hydrogens (tertiary/aromatic N) is 1. The summed E-state index contributed by atoms with van der Waals surface area (Å²) < 4.78 is 25.0. The van der Waals surface area contributed by atoms with E-state index in [0.717, 1.165) is 16.4 Å². The topological polar surface area (TPSA) is 70.2 Å². The number of aromatic amines is 1. The van der Waals surface area contributed by atoms with E-state index in [1.165, 1.54) is 4.31 Å². The fourth-order valence-electron chi connectivity index (χ4n) is 2.62. The van der Waals surface area contributed by atoms with Gasteiger partial charge in [-0.15, -0.1) is 0 Å². The van der Waals surface area contributed by atoms with Crippen molar-refractivity contribution < 1.29 is 8.42 Å². The van der Waals surface area contributed by atoms with Crippen molar-refractivity contribution in [2.75, 3.05) is 6.54 Å². The van der Waals surface area contributed by atoms with E-state index >= 15 is 0 Å². The highest BCUT2D eigenvalue weighted by Crippen LogP contribution is 2.25. The van der Waals surface area contributed by atoms with Gasteiger partial charge in [0.1, 0.15) is 0 Å². The van der Waals surface area contributed by atoms with Gasteiger partial charge < -0.3 is 4.98 Å². The minimum Gasteiger partial charge on any atom is -0.324 e. The quantitative estimate of drug-likeness (QED) is 0.908. The molecular weight excluding hydrogens is 276 g/mol. The van der Waals surface area contributed by atoms with Crippen molar-refractivity contribution in [3.05, 3.63) is 57.9 Å². The number of fused-ring (bicyclic) bond motifs is 3. The van der Waals surface area contributed by atoms with Crippen molar-refractivity contribution in [1.29, 1.82) is 0 Å². The number of benzene rings is 1. The van der Waals surface area contributed by atoms with Crippen LogP contribution in [-0.4, -0.2) is 24.3 Å². The minimum atomic E-state index is -3.45. The molecular formula is C14H14N2O3S. The van der Waals surface area contributed by atoms with Gasteiger partial charge in [-0.05, 0) is 23.4 Å². The van der Waals surface area contributed by atoms with E-state index in [9.17, 15) is 13.2 Å². The molecule has 104 valence electrons. The molecule has 0 spiro atoms. The molecule has 0 radical (unpaired) electrons. The van der Waals surface area contributed by atoms with Crippen molar-refractivity contribution in [2.24, 2.45) is 0 Å². The Hall–Kier alpha value is -1.92. The first-order chi connectivity index (χ1) is 9.53. The SMILES string of the molecule is C=CS(=O)(=O)N1CCc2c([nH]c(=O)c3ccccc23)C1. The first-order valence-corrected chi connectivity index (χ1v) is 7.78. The van der Waals surface area contributed by atoms with E-state index in [2.05, 4.69) is 11.6 Å². The van der Waals surface area contributed by atoms with Crippen LogP contribution < -0.4 is 5.56 Å². The van der Waals surface area contributed by atoms with E-state index in [1.807, 2.05) is 18.2 Å². The van der Waals surface area contributed by atoms with Crippen LogP contribution in [0.25, 0.3) is 10.8 Å². The summed E-state index contributed by atoms with van der Waals surface area (Å²) in [5.74, 6) is 0. The van der Waals surface area contributed by atoms with Crippen molar-refractivity contribution in [2.45, 2.75) is 13.0 Å². The summed E-state index contributed by atoms with van der Waals surface area (Å²) in [6.45, 7) is 3.91. The molecule has 6 heteroatoms. The lowest BCUT2D eigenvalue weighted by molar-refractivity contribution is 0.392. The van der Waals surface area contributed by atoms with Crippen LogP contribution in [0.3, 0.4) is 0 Å². The van der Waals surface area contributed by atoms with E-state index in [1.54, 1.807) is 6.07 Å². The second kappa shape index (κ2) is 4.57. The molecule has 1 aromatic carbocycles. The number of rotatable bonds is 2. The highest BCUT2D eigenvalue weighted by Gasteiger charge is 2.26. The molecule has 3 rings (SSSR count). The predicted octanol–water partition coefficient (Wildman–Crippen LogP) is 1.36. The third-order valence-corrected chi connectivity index (χ3v) is 5.09. The third-order valence-electron chi connectivity index (χ3n) is 3.64. The van der Waals surface area contributed by atoms with Gasteiger partial charge in [-0.25, -0.2) is 8.42 Å². The van der Waals surface area contributed by atoms with Crippen LogP contribution in [0.2, 0.25) is 0 Å². The van der Waals surface area contributed by atoms with Crippen molar-refractivity contribution in [3.63, 3.8) is 0 Å². The van der Waals surface area contributed by atoms with Crippen molar-refractivity contribution in [1.82, 2.24) is 9.29 Å². The van der Waals surface area contributed by atoms with E-state index in [-0.39, 0.29) is 12.1 Å². The summed E-state index contributed by atoms with van der Waals surface area (Å²) in [7, 11) is -3.45. The predicted molar refractivity (Wildman–Crippen MR) is 77.8 cm³/mol. The number of hydrogen-bond acceptors (Lipinski definition) is 3. The zero-order valence-electron chi connectivity index (χ0n) is 10.8. The molecule has 2 aromatic rings. The average Bonchev–Trinajstić information content (AvgIpc) is 2.47. The van der Waals surface area contributed by atoms with E-state index < -0.39 is 10.0 Å². The molecule has 20 heavy (non-hydrogen) atoms. The number of H-pyrrole nitrogens is 1. The van der Waals surface area contributed by atoms with Gasteiger partial charge in [0.25, 0.3) is 5.56 Å². The van der Waals surface area contributed by atoms with Crippen LogP contribution in [0.5, 0.6) is 0 Å². The standard InChI is InChI=1S/C14H14N2O3S/c1-2-20(18,19)16-8-7-11-10-5-3-4-6-12(10)14(17)15-13(11)9-16/h2-6H,1,7-9H2,(H,15,17). The maximum atomic E-state index is 12.0. The molecule has 2 heterocycles. The van der Waals surface area contributed by atoms with Gasteiger partial charge in [-0.1, -0.05) is 24.8 Å². The molecule has 0 atom stereocenters. The second-order valence-corrected chi connectivity index (χ2v) is 6.63. The lowest BCUT2D eigenvalue weighted by atomic mass is 9.99. The number of hydrogen-bond donors (Lipinski definition) is 1. The van der Waals surface area contributed by atoms with Crippen LogP contribution in [-0.2, 0) is 23.0 Å². The molecule has 0 fully saturated rings. The van der Waals surface area contributed by atoms with Crippen molar-refractivity contribution in [3.8, 4) is 0 Å². The Morgan fingerprint density at radius 1 is 1.25 bits per heavy atom. The largest absolute Gasteiger partial charge is 0.324 e. The lowest BCUT2D eigenvalue weighted by Gasteiger charge is -2.27. The summed E-state index contributed by atoms with van der Waals surface area (Å²) in [6.07, 6.45) is 0.583. The number of aromatic nitrogens is 1. The highest BCUT2D eigenvalue weighted by molar-refractivity contribution is 7.91. The fraction of sp³-hybridized carbons (Fsp3) is 0.214. The van der Waals surface area contributed by atoms with Gasteiger partial charge >= 0.3 is 0 Å². The average molecular weight is 290 g/mol. The van der Waals surface area contributed by atoms with Gasteiger partial charge in [0.15, 0.2) is 0 Å². The molecule has 1 aliphatic rings. The normalized spacial score (nSPS) is 16.0. The third kappa shape index (κ3) is 1.97. The molecule has 5 nitrogen and oxygen atoms in total. The zero-order valence-corrected chi connectivity index (χ0v) is 11.6. The molecule has 0 saturated heterocycles. The molecule has 0 bridgehead atoms. The molecule has 0 amide bonds. The summed E-state index contributed by atoms with van der Waals surface area (Å²) in [4.78, 5) is 14.8. The van der Waals surface area contributed by atoms with Crippen LogP contribution in [0, 0.1) is 0 Å². The van der Waals surface area contributed by atoms with Gasteiger partial charge in [0.2, 0.25) is 10.0 Å². The Morgan fingerprint density at radius 2 is 1.95 bits per heavy atom. The summed E-state index contributed by atoms with van der Waals surface area (Å²) in [6, 6.07) is 7.39. The van der Waals surface area contributed by atoms with Crippen LogP contribution in [0.4, 0.5) is 0 Å². The molecule has 0 aliphatic carbocycles. The van der Waals surface area contributed by atoms with Gasteiger partial charge in [-0.2, -0.15) is 4.31 Å². The zero-order chi connectivity index (χ0) is 14.3. The molecule has 1 N–H and O–H groups in total. The van der Waals surface area contributed by atoms with E-state index in [4.69, 9.17) is 0 Å². The van der Waals surface area contributed by atoms with Crippen LogP contribution >= 0.6 is 0 Å². The summed E-state index contributed by atoms with van der Waals surface area (Å²) in [5.41, 5.74) is 1.51. The number of pyridine rings is 1. The smallest absolute Gasteiger partial charge is 0.256 e. The molecule has 0 saturated carbocycles. The Bertz CT molecular complexity index is 852. The Labute approximate surface area is 116 Å². The first-order valence-electron chi connectivity index (χ1n) is 6.28. The van der Waals surface area contributed by atoms with Crippen LogP contribution in [0.15, 0.2) is 41.0 Å². The Balaban J connectivity index is 2.17. The van der Waals surface area contributed by atoms with Gasteiger partial charge in [0, 0.05) is 23.0 Å². The van der Waals surface area contributed by atoms with Gasteiger partial charge in [0.05, 0.1) is 6.54 Å². The van der Waals surface area contributed by atoms with Crippen LogP contribution in [0.1, 0.15) is 11.3 Å². The highest BCUT2D eigenvalue weighted by atomic mass is 32.2. The summed E-state index contributed by atoms with van der Waals surface area (Å²) >= 11 is 0. The minimum absolute atomic E-state index is 0.183. The van der Waals surface area contributed by atoms with E-state index in [0.29, 0.717) is 24.0 Å².